The predicted molar refractivity (Wildman–Crippen MR) is 63.2 cm³/mol. The van der Waals surface area contributed by atoms with Crippen LogP contribution in [0.2, 0.25) is 0 Å². The Bertz CT molecular complexity index is 497. The second-order valence-corrected chi connectivity index (χ2v) is 4.06. The van der Waals surface area contributed by atoms with Crippen LogP contribution in [0.5, 0.6) is 0 Å². The van der Waals surface area contributed by atoms with E-state index < -0.39 is 0 Å². The summed E-state index contributed by atoms with van der Waals surface area (Å²) >= 11 is 0. The molecule has 0 aliphatic heterocycles. The zero-order chi connectivity index (χ0) is 11.0. The van der Waals surface area contributed by atoms with Crippen LogP contribution in [0.25, 0.3) is 10.9 Å². The van der Waals surface area contributed by atoms with Gasteiger partial charge in [0.25, 0.3) is 0 Å². The summed E-state index contributed by atoms with van der Waals surface area (Å²) in [5, 5.41) is 10.4. The van der Waals surface area contributed by atoms with E-state index in [1.807, 2.05) is 0 Å². The lowest BCUT2D eigenvalue weighted by Crippen LogP contribution is -2.04. The van der Waals surface area contributed by atoms with Crippen molar-refractivity contribution in [2.75, 3.05) is 6.61 Å². The van der Waals surface area contributed by atoms with Gasteiger partial charge in [0.1, 0.15) is 0 Å². The molecular weight excluding hydrogens is 186 g/mol. The van der Waals surface area contributed by atoms with Gasteiger partial charge in [-0.1, -0.05) is 18.2 Å². The maximum absolute atomic E-state index is 9.08. The number of aryl methyl sites for hydroxylation is 2. The van der Waals surface area contributed by atoms with Gasteiger partial charge < -0.3 is 9.67 Å². The van der Waals surface area contributed by atoms with Gasteiger partial charge in [-0.25, -0.2) is 0 Å². The molecule has 15 heavy (non-hydrogen) atoms. The number of rotatable bonds is 2. The molecule has 0 radical (unpaired) electrons. The number of aliphatic hydroxyl groups excluding tert-OH is 1. The van der Waals surface area contributed by atoms with E-state index in [0.29, 0.717) is 6.54 Å². The Morgan fingerprint density at radius 1 is 1.20 bits per heavy atom. The van der Waals surface area contributed by atoms with Crippen molar-refractivity contribution in [3.8, 4) is 0 Å². The molecule has 0 amide bonds. The van der Waals surface area contributed by atoms with E-state index in [1.54, 1.807) is 0 Å². The molecule has 1 aromatic carbocycles. The van der Waals surface area contributed by atoms with Crippen LogP contribution in [0.4, 0.5) is 0 Å². The van der Waals surface area contributed by atoms with Crippen LogP contribution in [0.1, 0.15) is 16.8 Å². The fourth-order valence-electron chi connectivity index (χ4n) is 2.26. The number of benzene rings is 1. The Balaban J connectivity index is 2.82. The number of nitrogens with zero attached hydrogens (tertiary/aromatic N) is 1. The van der Waals surface area contributed by atoms with Gasteiger partial charge in [-0.15, -0.1) is 0 Å². The molecule has 0 spiro atoms. The fourth-order valence-corrected chi connectivity index (χ4v) is 2.26. The molecule has 1 N–H and O–H groups in total. The van der Waals surface area contributed by atoms with Crippen LogP contribution in [-0.2, 0) is 6.54 Å². The molecule has 0 aliphatic carbocycles. The van der Waals surface area contributed by atoms with Crippen LogP contribution in [-0.4, -0.2) is 16.3 Å². The molecule has 0 bridgehead atoms. The molecule has 1 heterocycles. The summed E-state index contributed by atoms with van der Waals surface area (Å²) < 4.78 is 2.21. The largest absolute Gasteiger partial charge is 0.395 e. The molecule has 2 heteroatoms. The van der Waals surface area contributed by atoms with Gasteiger partial charge in [0.2, 0.25) is 0 Å². The molecule has 0 unspecified atom stereocenters. The quantitative estimate of drug-likeness (QED) is 0.797. The Hall–Kier alpha value is -1.28. The number of hydrogen-bond acceptors (Lipinski definition) is 1. The van der Waals surface area contributed by atoms with Gasteiger partial charge in [-0.05, 0) is 31.9 Å². The lowest BCUT2D eigenvalue weighted by atomic mass is 10.1. The van der Waals surface area contributed by atoms with Gasteiger partial charge in [0.05, 0.1) is 12.1 Å². The molecule has 0 aliphatic rings. The molecule has 0 saturated carbocycles. The Morgan fingerprint density at radius 2 is 1.93 bits per heavy atom. The van der Waals surface area contributed by atoms with Crippen molar-refractivity contribution in [2.24, 2.45) is 0 Å². The Morgan fingerprint density at radius 3 is 2.60 bits per heavy atom. The third kappa shape index (κ3) is 1.45. The number of aliphatic hydroxyl groups is 1. The lowest BCUT2D eigenvalue weighted by molar-refractivity contribution is 0.277. The highest BCUT2D eigenvalue weighted by Crippen LogP contribution is 2.27. The van der Waals surface area contributed by atoms with Crippen molar-refractivity contribution in [2.45, 2.75) is 27.3 Å². The minimum absolute atomic E-state index is 0.193. The Labute approximate surface area is 90.2 Å². The van der Waals surface area contributed by atoms with Crippen molar-refractivity contribution >= 4 is 10.9 Å². The molecule has 0 atom stereocenters. The van der Waals surface area contributed by atoms with Crippen LogP contribution >= 0.6 is 0 Å². The number of aromatic nitrogens is 1. The molecule has 0 saturated heterocycles. The maximum atomic E-state index is 9.08. The summed E-state index contributed by atoms with van der Waals surface area (Å²) in [5.41, 5.74) is 5.12. The second kappa shape index (κ2) is 3.70. The van der Waals surface area contributed by atoms with E-state index in [2.05, 4.69) is 43.5 Å². The number of fused-ring (bicyclic) bond motifs is 1. The molecule has 2 aromatic rings. The topological polar surface area (TPSA) is 25.2 Å². The number of hydrogen-bond donors (Lipinski definition) is 1. The zero-order valence-corrected chi connectivity index (χ0v) is 9.54. The molecule has 1 aromatic heterocycles. The highest BCUT2D eigenvalue weighted by Gasteiger charge is 2.11. The van der Waals surface area contributed by atoms with Crippen LogP contribution in [0, 0.1) is 20.8 Å². The Kier molecular flexibility index (Phi) is 2.53. The monoisotopic (exact) mass is 203 g/mol. The molecule has 2 nitrogen and oxygen atoms in total. The van der Waals surface area contributed by atoms with Crippen molar-refractivity contribution in [3.05, 3.63) is 35.0 Å². The summed E-state index contributed by atoms with van der Waals surface area (Å²) in [6.07, 6.45) is 0. The molecule has 80 valence electrons. The van der Waals surface area contributed by atoms with E-state index in [-0.39, 0.29) is 6.61 Å². The van der Waals surface area contributed by atoms with Crippen LogP contribution in [0.15, 0.2) is 18.2 Å². The van der Waals surface area contributed by atoms with Gasteiger partial charge in [0, 0.05) is 17.6 Å². The zero-order valence-electron chi connectivity index (χ0n) is 9.54. The van der Waals surface area contributed by atoms with Crippen molar-refractivity contribution in [3.63, 3.8) is 0 Å². The molecule has 2 rings (SSSR count). The van der Waals surface area contributed by atoms with Crippen molar-refractivity contribution in [1.82, 2.24) is 4.57 Å². The SMILES string of the molecule is Cc1c(C)n(CCO)c2c(C)cccc12. The summed E-state index contributed by atoms with van der Waals surface area (Å²) in [6, 6.07) is 6.36. The summed E-state index contributed by atoms with van der Waals surface area (Å²) in [4.78, 5) is 0. The predicted octanol–water partition coefficient (Wildman–Crippen LogP) is 2.56. The van der Waals surface area contributed by atoms with Crippen molar-refractivity contribution in [1.29, 1.82) is 0 Å². The van der Waals surface area contributed by atoms with Crippen LogP contribution in [0.3, 0.4) is 0 Å². The van der Waals surface area contributed by atoms with Gasteiger partial charge in [-0.3, -0.25) is 0 Å². The smallest absolute Gasteiger partial charge is 0.0610 e. The second-order valence-electron chi connectivity index (χ2n) is 4.06. The highest BCUT2D eigenvalue weighted by atomic mass is 16.3. The average Bonchev–Trinajstić information content (AvgIpc) is 2.46. The van der Waals surface area contributed by atoms with E-state index in [4.69, 9.17) is 5.11 Å². The van der Waals surface area contributed by atoms with Crippen LogP contribution < -0.4 is 0 Å². The van der Waals surface area contributed by atoms with Gasteiger partial charge >= 0.3 is 0 Å². The third-order valence-corrected chi connectivity index (χ3v) is 3.18. The standard InChI is InChI=1S/C13H17NO/c1-9-5-4-6-12-10(2)11(3)14(7-8-15)13(9)12/h4-6,15H,7-8H2,1-3H3. The first kappa shape index (κ1) is 10.2. The van der Waals surface area contributed by atoms with E-state index in [1.165, 1.54) is 27.7 Å². The minimum atomic E-state index is 0.193. The molecular formula is C13H17NO. The number of para-hydroxylation sites is 1. The first-order valence-electron chi connectivity index (χ1n) is 5.32. The normalized spacial score (nSPS) is 11.2. The molecule has 0 fully saturated rings. The maximum Gasteiger partial charge on any atom is 0.0610 e. The lowest BCUT2D eigenvalue weighted by Gasteiger charge is -2.07. The summed E-state index contributed by atoms with van der Waals surface area (Å²) in [6.45, 7) is 7.25. The van der Waals surface area contributed by atoms with Gasteiger partial charge in [-0.2, -0.15) is 0 Å². The summed E-state index contributed by atoms with van der Waals surface area (Å²) in [5.74, 6) is 0. The third-order valence-electron chi connectivity index (χ3n) is 3.18. The minimum Gasteiger partial charge on any atom is -0.395 e. The van der Waals surface area contributed by atoms with Gasteiger partial charge in [0.15, 0.2) is 0 Å². The fraction of sp³-hybridized carbons (Fsp3) is 0.385. The first-order valence-corrected chi connectivity index (χ1v) is 5.32. The van der Waals surface area contributed by atoms with E-state index in [0.717, 1.165) is 0 Å². The van der Waals surface area contributed by atoms with E-state index in [9.17, 15) is 0 Å². The van der Waals surface area contributed by atoms with E-state index >= 15 is 0 Å². The first-order chi connectivity index (χ1) is 7.16. The summed E-state index contributed by atoms with van der Waals surface area (Å²) in [7, 11) is 0. The average molecular weight is 203 g/mol. The van der Waals surface area contributed by atoms with Crippen molar-refractivity contribution < 1.29 is 5.11 Å². The highest BCUT2D eigenvalue weighted by molar-refractivity contribution is 5.87.